The van der Waals surface area contributed by atoms with Crippen molar-refractivity contribution in [1.29, 1.82) is 0 Å². The molecule has 0 radical (unpaired) electrons. The smallest absolute Gasteiger partial charge is 0.370 e. The van der Waals surface area contributed by atoms with Gasteiger partial charge in [0.2, 0.25) is 0 Å². The number of rotatable bonds is 5. The predicted octanol–water partition coefficient (Wildman–Crippen LogP) is 3.53. The van der Waals surface area contributed by atoms with Crippen LogP contribution in [0.15, 0.2) is 30.6 Å². The van der Waals surface area contributed by atoms with Crippen LogP contribution >= 0.6 is 0 Å². The number of hydrogen-bond donors (Lipinski definition) is 1. The summed E-state index contributed by atoms with van der Waals surface area (Å²) in [6.07, 6.45) is 0.785. The normalized spacial score (nSPS) is 16.6. The van der Waals surface area contributed by atoms with E-state index in [0.717, 1.165) is 29.9 Å². The van der Waals surface area contributed by atoms with E-state index in [1.807, 2.05) is 25.1 Å². The maximum atomic E-state index is 12.5. The van der Waals surface area contributed by atoms with Gasteiger partial charge in [-0.15, -0.1) is 0 Å². The highest BCUT2D eigenvalue weighted by Gasteiger charge is 2.32. The fourth-order valence-electron chi connectivity index (χ4n) is 3.14. The highest BCUT2D eigenvalue weighted by Crippen LogP contribution is 2.23. The zero-order valence-corrected chi connectivity index (χ0v) is 14.6. The zero-order valence-electron chi connectivity index (χ0n) is 14.6. The van der Waals surface area contributed by atoms with Crippen LogP contribution in [0.3, 0.4) is 0 Å². The van der Waals surface area contributed by atoms with Gasteiger partial charge in [0.05, 0.1) is 6.54 Å². The summed E-state index contributed by atoms with van der Waals surface area (Å²) in [5.41, 5.74) is 1.75. The lowest BCUT2D eigenvalue weighted by atomic mass is 9.97. The van der Waals surface area contributed by atoms with Crippen LogP contribution in [0.4, 0.5) is 19.0 Å². The second-order valence-electron chi connectivity index (χ2n) is 6.67. The Labute approximate surface area is 150 Å². The Balaban J connectivity index is 1.55. The molecule has 0 saturated carbocycles. The topological polar surface area (TPSA) is 53.9 Å². The third-order valence-corrected chi connectivity index (χ3v) is 4.47. The molecule has 0 atom stereocenters. The monoisotopic (exact) mass is 365 g/mol. The van der Waals surface area contributed by atoms with Crippen molar-refractivity contribution in [3.8, 4) is 11.4 Å². The fourth-order valence-corrected chi connectivity index (χ4v) is 3.14. The lowest BCUT2D eigenvalue weighted by Gasteiger charge is -2.32. The van der Waals surface area contributed by atoms with E-state index in [1.54, 1.807) is 12.4 Å². The van der Waals surface area contributed by atoms with Gasteiger partial charge in [0.25, 0.3) is 0 Å². The molecule has 140 valence electrons. The van der Waals surface area contributed by atoms with Crippen LogP contribution in [0, 0.1) is 12.8 Å². The largest absolute Gasteiger partial charge is 0.401 e. The molecule has 1 N–H and O–H groups in total. The molecule has 26 heavy (non-hydrogen) atoms. The molecule has 0 bridgehead atoms. The number of hydrogen-bond acceptors (Lipinski definition) is 5. The summed E-state index contributed by atoms with van der Waals surface area (Å²) in [6, 6.07) is 5.59. The third-order valence-electron chi connectivity index (χ3n) is 4.47. The first-order valence-electron chi connectivity index (χ1n) is 8.68. The Bertz CT molecular complexity index is 713. The van der Waals surface area contributed by atoms with Gasteiger partial charge in [-0.3, -0.25) is 9.88 Å². The zero-order chi connectivity index (χ0) is 18.6. The summed E-state index contributed by atoms with van der Waals surface area (Å²) < 4.78 is 37.4. The van der Waals surface area contributed by atoms with E-state index in [4.69, 9.17) is 0 Å². The Hall–Kier alpha value is -2.22. The number of likely N-dealkylation sites (tertiary alicyclic amines) is 1. The van der Waals surface area contributed by atoms with Gasteiger partial charge in [-0.2, -0.15) is 13.2 Å². The second kappa shape index (κ2) is 7.99. The molecule has 2 aromatic rings. The molecule has 1 fully saturated rings. The maximum absolute atomic E-state index is 12.5. The Morgan fingerprint density at radius 1 is 1.15 bits per heavy atom. The molecule has 3 heterocycles. The molecule has 5 nitrogen and oxygen atoms in total. The Morgan fingerprint density at radius 2 is 1.85 bits per heavy atom. The fraction of sp³-hybridized carbons (Fsp3) is 0.500. The highest BCUT2D eigenvalue weighted by atomic mass is 19.4. The van der Waals surface area contributed by atoms with Crippen molar-refractivity contribution in [3.05, 3.63) is 36.3 Å². The first-order chi connectivity index (χ1) is 12.4. The van der Waals surface area contributed by atoms with Crippen LogP contribution in [0.1, 0.15) is 18.5 Å². The quantitative estimate of drug-likeness (QED) is 0.878. The molecule has 0 unspecified atom stereocenters. The molecule has 1 saturated heterocycles. The Morgan fingerprint density at radius 3 is 2.50 bits per heavy atom. The molecule has 2 aromatic heterocycles. The standard InChI is InChI=1S/C18H22F3N5/c1-13-10-16(25-17(24-13)15-2-6-22-7-3-15)23-11-14-4-8-26(9-5-14)12-18(19,20)21/h2-3,6-7,10,14H,4-5,8-9,11-12H2,1H3,(H,23,24,25). The van der Waals surface area contributed by atoms with Gasteiger partial charge in [0.1, 0.15) is 5.82 Å². The number of aromatic nitrogens is 3. The number of alkyl halides is 3. The van der Waals surface area contributed by atoms with Crippen LogP contribution < -0.4 is 5.32 Å². The van der Waals surface area contributed by atoms with E-state index in [0.29, 0.717) is 31.4 Å². The average molecular weight is 365 g/mol. The molecule has 1 aliphatic rings. The van der Waals surface area contributed by atoms with E-state index >= 15 is 0 Å². The van der Waals surface area contributed by atoms with Crippen LogP contribution in [0.25, 0.3) is 11.4 Å². The Kier molecular flexibility index (Phi) is 5.70. The van der Waals surface area contributed by atoms with Gasteiger partial charge in [0, 0.05) is 36.3 Å². The minimum atomic E-state index is -4.12. The van der Waals surface area contributed by atoms with Crippen molar-refractivity contribution in [3.63, 3.8) is 0 Å². The van der Waals surface area contributed by atoms with E-state index < -0.39 is 12.7 Å². The summed E-state index contributed by atoms with van der Waals surface area (Å²) >= 11 is 0. The molecule has 0 amide bonds. The number of anilines is 1. The minimum Gasteiger partial charge on any atom is -0.370 e. The van der Waals surface area contributed by atoms with Gasteiger partial charge < -0.3 is 5.32 Å². The molecule has 0 aromatic carbocycles. The van der Waals surface area contributed by atoms with Gasteiger partial charge >= 0.3 is 6.18 Å². The maximum Gasteiger partial charge on any atom is 0.401 e. The number of nitrogens with zero attached hydrogens (tertiary/aromatic N) is 4. The molecule has 1 aliphatic heterocycles. The summed E-state index contributed by atoms with van der Waals surface area (Å²) in [5, 5.41) is 3.32. The van der Waals surface area contributed by atoms with Crippen molar-refractivity contribution >= 4 is 5.82 Å². The number of aryl methyl sites for hydroxylation is 1. The summed E-state index contributed by atoms with van der Waals surface area (Å²) in [7, 11) is 0. The van der Waals surface area contributed by atoms with E-state index in [-0.39, 0.29) is 0 Å². The van der Waals surface area contributed by atoms with Gasteiger partial charge in [-0.1, -0.05) is 0 Å². The molecule has 0 aliphatic carbocycles. The first-order valence-corrected chi connectivity index (χ1v) is 8.68. The third kappa shape index (κ3) is 5.39. The van der Waals surface area contributed by atoms with Crippen molar-refractivity contribution in [2.24, 2.45) is 5.92 Å². The van der Waals surface area contributed by atoms with Gasteiger partial charge in [0.15, 0.2) is 5.82 Å². The highest BCUT2D eigenvalue weighted by molar-refractivity contribution is 5.56. The van der Waals surface area contributed by atoms with Crippen molar-refractivity contribution in [2.45, 2.75) is 25.9 Å². The molecule has 8 heteroatoms. The number of pyridine rings is 1. The lowest BCUT2D eigenvalue weighted by Crippen LogP contribution is -2.41. The number of nitrogens with one attached hydrogen (secondary N) is 1. The summed E-state index contributed by atoms with van der Waals surface area (Å²) in [6.45, 7) is 2.76. The van der Waals surface area contributed by atoms with Crippen LogP contribution in [0.2, 0.25) is 0 Å². The van der Waals surface area contributed by atoms with Crippen molar-refractivity contribution < 1.29 is 13.2 Å². The molecular formula is C18H22F3N5. The van der Waals surface area contributed by atoms with Crippen LogP contribution in [0.5, 0.6) is 0 Å². The first kappa shape index (κ1) is 18.6. The predicted molar refractivity (Wildman–Crippen MR) is 93.7 cm³/mol. The van der Waals surface area contributed by atoms with Gasteiger partial charge in [-0.25, -0.2) is 9.97 Å². The SMILES string of the molecule is Cc1cc(NCC2CCN(CC(F)(F)F)CC2)nc(-c2ccncc2)n1. The molecule has 3 rings (SSSR count). The van der Waals surface area contributed by atoms with Crippen molar-refractivity contribution in [1.82, 2.24) is 19.9 Å². The van der Waals surface area contributed by atoms with E-state index in [9.17, 15) is 13.2 Å². The lowest BCUT2D eigenvalue weighted by molar-refractivity contribution is -0.148. The second-order valence-corrected chi connectivity index (χ2v) is 6.67. The molecule has 0 spiro atoms. The summed E-state index contributed by atoms with van der Waals surface area (Å²) in [5.74, 6) is 1.72. The average Bonchev–Trinajstić information content (AvgIpc) is 2.60. The van der Waals surface area contributed by atoms with Crippen LogP contribution in [-0.2, 0) is 0 Å². The number of piperidine rings is 1. The van der Waals surface area contributed by atoms with Gasteiger partial charge in [-0.05, 0) is 50.9 Å². The van der Waals surface area contributed by atoms with Crippen molar-refractivity contribution in [2.75, 3.05) is 31.5 Å². The molecular weight excluding hydrogens is 343 g/mol. The van der Waals surface area contributed by atoms with Crippen LogP contribution in [-0.4, -0.2) is 52.2 Å². The number of halogens is 3. The minimum absolute atomic E-state index is 0.346. The summed E-state index contributed by atoms with van der Waals surface area (Å²) in [4.78, 5) is 14.5. The van der Waals surface area contributed by atoms with E-state index in [1.165, 1.54) is 4.90 Å². The van der Waals surface area contributed by atoms with E-state index in [2.05, 4.69) is 20.3 Å².